The summed E-state index contributed by atoms with van der Waals surface area (Å²) in [6.07, 6.45) is 4.22. The Kier molecular flexibility index (Phi) is 3.04. The lowest BCUT2D eigenvalue weighted by molar-refractivity contribution is -0.154. The number of carboxylic acids is 1. The first kappa shape index (κ1) is 12.8. The van der Waals surface area contributed by atoms with Crippen molar-refractivity contribution >= 4 is 16.9 Å². The molecule has 1 aliphatic rings. The number of fused-ring (bicyclic) bond motifs is 1. The van der Waals surface area contributed by atoms with Crippen LogP contribution in [0.2, 0.25) is 0 Å². The summed E-state index contributed by atoms with van der Waals surface area (Å²) < 4.78 is 5.84. The zero-order valence-corrected chi connectivity index (χ0v) is 11.3. The molecule has 5 heteroatoms. The molecule has 104 valence electrons. The van der Waals surface area contributed by atoms with Crippen molar-refractivity contribution in [2.75, 3.05) is 0 Å². The molecule has 0 atom stereocenters. The Hall–Kier alpha value is -2.17. The van der Waals surface area contributed by atoms with Gasteiger partial charge < -0.3 is 9.84 Å². The second kappa shape index (κ2) is 4.74. The maximum Gasteiger partial charge on any atom is 0.348 e. The number of rotatable bonds is 3. The Morgan fingerprint density at radius 2 is 2.05 bits per heavy atom. The van der Waals surface area contributed by atoms with Crippen LogP contribution in [0.5, 0.6) is 5.88 Å². The second-order valence-corrected chi connectivity index (χ2v) is 5.26. The summed E-state index contributed by atoms with van der Waals surface area (Å²) in [5, 5.41) is 10.2. The maximum absolute atomic E-state index is 11.6. The molecule has 3 rings (SSSR count). The van der Waals surface area contributed by atoms with Gasteiger partial charge in [-0.15, -0.1) is 0 Å². The third kappa shape index (κ3) is 1.99. The fourth-order valence-corrected chi connectivity index (χ4v) is 2.78. The van der Waals surface area contributed by atoms with Crippen LogP contribution < -0.4 is 4.74 Å². The number of aliphatic carboxylic acids is 1. The Morgan fingerprint density at radius 3 is 2.75 bits per heavy atom. The van der Waals surface area contributed by atoms with Gasteiger partial charge in [-0.05, 0) is 44.2 Å². The van der Waals surface area contributed by atoms with E-state index in [0.717, 1.165) is 29.3 Å². The molecule has 1 N–H and O–H groups in total. The third-order valence-electron chi connectivity index (χ3n) is 3.92. The minimum atomic E-state index is -1.13. The minimum Gasteiger partial charge on any atom is -0.478 e. The molecule has 0 saturated heterocycles. The highest BCUT2D eigenvalue weighted by molar-refractivity contribution is 5.86. The highest BCUT2D eigenvalue weighted by Crippen LogP contribution is 2.36. The average Bonchev–Trinajstić information content (AvgIpc) is 2.90. The molecule has 0 radical (unpaired) electrons. The molecule has 5 nitrogen and oxygen atoms in total. The van der Waals surface area contributed by atoms with Gasteiger partial charge in [-0.2, -0.15) is 0 Å². The topological polar surface area (TPSA) is 72.3 Å². The Bertz CT molecular complexity index is 663. The van der Waals surface area contributed by atoms with Crippen molar-refractivity contribution < 1.29 is 14.6 Å². The quantitative estimate of drug-likeness (QED) is 0.930. The van der Waals surface area contributed by atoms with E-state index in [9.17, 15) is 9.90 Å². The summed E-state index contributed by atoms with van der Waals surface area (Å²) in [5.74, 6) is -0.544. The smallest absolute Gasteiger partial charge is 0.348 e. The van der Waals surface area contributed by atoms with E-state index in [1.165, 1.54) is 6.33 Å². The lowest BCUT2D eigenvalue weighted by Gasteiger charge is -2.25. The van der Waals surface area contributed by atoms with Crippen molar-refractivity contribution in [1.29, 1.82) is 0 Å². The molecule has 1 saturated carbocycles. The zero-order chi connectivity index (χ0) is 14.2. The Balaban J connectivity index is 2.07. The van der Waals surface area contributed by atoms with Crippen LogP contribution in [-0.2, 0) is 4.79 Å². The van der Waals surface area contributed by atoms with Gasteiger partial charge in [0, 0.05) is 0 Å². The Labute approximate surface area is 116 Å². The number of carboxylic acid groups (broad SMARTS) is 1. The summed E-state index contributed by atoms with van der Waals surface area (Å²) in [6.45, 7) is 1.96. The molecule has 1 heterocycles. The number of aromatic nitrogens is 2. The van der Waals surface area contributed by atoms with Crippen LogP contribution in [0.25, 0.3) is 10.9 Å². The van der Waals surface area contributed by atoms with Gasteiger partial charge >= 0.3 is 5.97 Å². The van der Waals surface area contributed by atoms with Crippen LogP contribution in [0.4, 0.5) is 0 Å². The van der Waals surface area contributed by atoms with Crippen molar-refractivity contribution in [2.45, 2.75) is 38.2 Å². The van der Waals surface area contributed by atoms with Crippen LogP contribution in [-0.4, -0.2) is 26.6 Å². The van der Waals surface area contributed by atoms with E-state index in [4.69, 9.17) is 4.74 Å². The molecule has 1 fully saturated rings. The number of benzene rings is 1. The highest BCUT2D eigenvalue weighted by atomic mass is 16.5. The summed E-state index contributed by atoms with van der Waals surface area (Å²) in [6, 6.07) is 5.72. The summed E-state index contributed by atoms with van der Waals surface area (Å²) in [4.78, 5) is 19.9. The van der Waals surface area contributed by atoms with Gasteiger partial charge in [0.05, 0.1) is 10.9 Å². The normalized spacial score (nSPS) is 17.2. The van der Waals surface area contributed by atoms with Gasteiger partial charge in [0.2, 0.25) is 11.5 Å². The maximum atomic E-state index is 11.6. The van der Waals surface area contributed by atoms with Crippen molar-refractivity contribution in [2.24, 2.45) is 0 Å². The molecule has 2 aromatic rings. The zero-order valence-electron chi connectivity index (χ0n) is 11.3. The van der Waals surface area contributed by atoms with Crippen LogP contribution in [0.1, 0.15) is 31.2 Å². The van der Waals surface area contributed by atoms with E-state index in [0.29, 0.717) is 18.7 Å². The monoisotopic (exact) mass is 272 g/mol. The van der Waals surface area contributed by atoms with E-state index in [1.807, 2.05) is 25.1 Å². The lowest BCUT2D eigenvalue weighted by Crippen LogP contribution is -2.42. The molecular formula is C15H16N2O3. The fourth-order valence-electron chi connectivity index (χ4n) is 2.78. The van der Waals surface area contributed by atoms with E-state index in [2.05, 4.69) is 9.97 Å². The lowest BCUT2D eigenvalue weighted by atomic mass is 10.0. The standard InChI is InChI=1S/C15H16N2O3/c1-10-5-4-6-11-12(10)16-9-17-13(11)20-15(14(18)19)7-2-3-8-15/h4-6,9H,2-3,7-8H2,1H3,(H,18,19). The molecule has 1 aliphatic carbocycles. The van der Waals surface area contributed by atoms with Gasteiger partial charge in [-0.25, -0.2) is 14.8 Å². The summed E-state index contributed by atoms with van der Waals surface area (Å²) >= 11 is 0. The first-order valence-corrected chi connectivity index (χ1v) is 6.75. The number of aryl methyl sites for hydroxylation is 1. The van der Waals surface area contributed by atoms with Gasteiger partial charge in [0.1, 0.15) is 6.33 Å². The van der Waals surface area contributed by atoms with Crippen molar-refractivity contribution in [3.8, 4) is 5.88 Å². The summed E-state index contributed by atoms with van der Waals surface area (Å²) in [7, 11) is 0. The predicted octanol–water partition coefficient (Wildman–Crippen LogP) is 2.71. The van der Waals surface area contributed by atoms with Gasteiger partial charge in [0.15, 0.2) is 0 Å². The number of carbonyl (C=O) groups is 1. The van der Waals surface area contributed by atoms with E-state index >= 15 is 0 Å². The fraction of sp³-hybridized carbons (Fsp3) is 0.400. The molecule has 0 unspecified atom stereocenters. The summed E-state index contributed by atoms with van der Waals surface area (Å²) in [5.41, 5.74) is 0.687. The first-order chi connectivity index (χ1) is 9.62. The van der Waals surface area contributed by atoms with Crippen molar-refractivity contribution in [3.63, 3.8) is 0 Å². The van der Waals surface area contributed by atoms with Gasteiger partial charge in [-0.1, -0.05) is 12.1 Å². The van der Waals surface area contributed by atoms with Crippen LogP contribution >= 0.6 is 0 Å². The molecule has 1 aromatic heterocycles. The third-order valence-corrected chi connectivity index (χ3v) is 3.92. The molecule has 1 aromatic carbocycles. The van der Waals surface area contributed by atoms with Gasteiger partial charge in [0.25, 0.3) is 0 Å². The van der Waals surface area contributed by atoms with Crippen molar-refractivity contribution in [3.05, 3.63) is 30.1 Å². The van der Waals surface area contributed by atoms with E-state index < -0.39 is 11.6 Å². The predicted molar refractivity (Wildman–Crippen MR) is 73.7 cm³/mol. The number of ether oxygens (including phenoxy) is 1. The second-order valence-electron chi connectivity index (χ2n) is 5.26. The number of nitrogens with zero attached hydrogens (tertiary/aromatic N) is 2. The Morgan fingerprint density at radius 1 is 1.30 bits per heavy atom. The minimum absolute atomic E-state index is 0.364. The van der Waals surface area contributed by atoms with Crippen LogP contribution in [0.3, 0.4) is 0 Å². The van der Waals surface area contributed by atoms with Gasteiger partial charge in [-0.3, -0.25) is 0 Å². The number of hydrogen-bond donors (Lipinski definition) is 1. The SMILES string of the molecule is Cc1cccc2c(OC3(C(=O)O)CCCC3)ncnc12. The molecule has 0 amide bonds. The average molecular weight is 272 g/mol. The molecule has 0 aliphatic heterocycles. The molecule has 20 heavy (non-hydrogen) atoms. The number of para-hydroxylation sites is 1. The molecule has 0 bridgehead atoms. The van der Waals surface area contributed by atoms with Crippen LogP contribution in [0, 0.1) is 6.92 Å². The molecule has 0 spiro atoms. The highest BCUT2D eigenvalue weighted by Gasteiger charge is 2.44. The van der Waals surface area contributed by atoms with E-state index in [1.54, 1.807) is 0 Å². The van der Waals surface area contributed by atoms with Crippen LogP contribution in [0.15, 0.2) is 24.5 Å². The molecular weight excluding hydrogens is 256 g/mol. The van der Waals surface area contributed by atoms with Crippen molar-refractivity contribution in [1.82, 2.24) is 9.97 Å². The largest absolute Gasteiger partial charge is 0.478 e. The number of hydrogen-bond acceptors (Lipinski definition) is 4. The first-order valence-electron chi connectivity index (χ1n) is 6.75. The van der Waals surface area contributed by atoms with E-state index in [-0.39, 0.29) is 0 Å².